The Hall–Kier alpha value is -1.27. The number of carbonyl (C=O) groups is 1. The van der Waals surface area contributed by atoms with Gasteiger partial charge in [-0.1, -0.05) is 49.8 Å². The van der Waals surface area contributed by atoms with Gasteiger partial charge in [-0.05, 0) is 44.4 Å². The zero-order chi connectivity index (χ0) is 19.3. The van der Waals surface area contributed by atoms with Crippen molar-refractivity contribution in [3.05, 3.63) is 28.8 Å². The summed E-state index contributed by atoms with van der Waals surface area (Å²) < 4.78 is 25.9. The van der Waals surface area contributed by atoms with Gasteiger partial charge < -0.3 is 5.32 Å². The van der Waals surface area contributed by atoms with Crippen LogP contribution in [-0.2, 0) is 14.8 Å². The van der Waals surface area contributed by atoms with Crippen LogP contribution in [0.15, 0.2) is 18.2 Å². The van der Waals surface area contributed by atoms with Gasteiger partial charge in [0.1, 0.15) is 6.04 Å². The molecule has 1 saturated carbocycles. The molecule has 1 aromatic carbocycles. The van der Waals surface area contributed by atoms with Crippen LogP contribution in [0.1, 0.15) is 57.4 Å². The molecule has 1 aliphatic rings. The van der Waals surface area contributed by atoms with E-state index in [4.69, 9.17) is 11.6 Å². The standard InChI is InChI=1S/C19H29ClN2O3S/c1-14-11-12-17(13-18(14)20)22(26(3,24)25)15(2)19(23)21-16-9-7-5-4-6-8-10-16/h11-13,15-16H,4-10H2,1-3H3,(H,21,23). The number of rotatable bonds is 5. The molecule has 0 spiro atoms. The molecule has 0 heterocycles. The van der Waals surface area contributed by atoms with Crippen molar-refractivity contribution in [3.8, 4) is 0 Å². The molecular weight excluding hydrogens is 372 g/mol. The van der Waals surface area contributed by atoms with E-state index in [0.717, 1.165) is 41.8 Å². The monoisotopic (exact) mass is 400 g/mol. The molecule has 0 radical (unpaired) electrons. The maximum absolute atomic E-state index is 12.8. The predicted molar refractivity (Wildman–Crippen MR) is 107 cm³/mol. The van der Waals surface area contributed by atoms with Gasteiger partial charge in [0.2, 0.25) is 15.9 Å². The molecule has 1 atom stereocenters. The van der Waals surface area contributed by atoms with E-state index in [9.17, 15) is 13.2 Å². The Morgan fingerprint density at radius 1 is 1.19 bits per heavy atom. The summed E-state index contributed by atoms with van der Waals surface area (Å²) in [5.74, 6) is -0.266. The van der Waals surface area contributed by atoms with E-state index in [1.54, 1.807) is 25.1 Å². The van der Waals surface area contributed by atoms with E-state index in [0.29, 0.717) is 10.7 Å². The molecule has 1 fully saturated rings. The van der Waals surface area contributed by atoms with Crippen molar-refractivity contribution in [1.29, 1.82) is 0 Å². The average molecular weight is 401 g/mol. The lowest BCUT2D eigenvalue weighted by atomic mass is 9.96. The smallest absolute Gasteiger partial charge is 0.243 e. The number of hydrogen-bond donors (Lipinski definition) is 1. The fourth-order valence-corrected chi connectivity index (χ4v) is 4.79. The second-order valence-corrected chi connectivity index (χ2v) is 9.49. The summed E-state index contributed by atoms with van der Waals surface area (Å²) in [7, 11) is -3.63. The summed E-state index contributed by atoms with van der Waals surface area (Å²) in [5.41, 5.74) is 1.26. The van der Waals surface area contributed by atoms with Gasteiger partial charge in [-0.15, -0.1) is 0 Å². The first-order valence-corrected chi connectivity index (χ1v) is 11.5. The number of nitrogens with zero attached hydrogens (tertiary/aromatic N) is 1. The Kier molecular flexibility index (Phi) is 7.35. The first-order valence-electron chi connectivity index (χ1n) is 9.26. The summed E-state index contributed by atoms with van der Waals surface area (Å²) in [4.78, 5) is 12.8. The van der Waals surface area contributed by atoms with Gasteiger partial charge in [-0.2, -0.15) is 0 Å². The fraction of sp³-hybridized carbons (Fsp3) is 0.632. The number of amides is 1. The van der Waals surface area contributed by atoms with Crippen LogP contribution in [0, 0.1) is 6.92 Å². The maximum Gasteiger partial charge on any atom is 0.243 e. The first-order chi connectivity index (χ1) is 12.2. The SMILES string of the molecule is Cc1ccc(N(C(C)C(=O)NC2CCCCCCC2)S(C)(=O)=O)cc1Cl. The molecule has 1 aliphatic carbocycles. The number of hydrogen-bond acceptors (Lipinski definition) is 3. The molecule has 1 N–H and O–H groups in total. The fourth-order valence-electron chi connectivity index (χ4n) is 3.45. The Bertz CT molecular complexity index is 728. The number of halogens is 1. The van der Waals surface area contributed by atoms with Crippen molar-refractivity contribution in [3.63, 3.8) is 0 Å². The largest absolute Gasteiger partial charge is 0.352 e. The van der Waals surface area contributed by atoms with Gasteiger partial charge in [-0.25, -0.2) is 8.42 Å². The third-order valence-electron chi connectivity index (χ3n) is 4.95. The quantitative estimate of drug-likeness (QED) is 0.811. The third-order valence-corrected chi connectivity index (χ3v) is 6.60. The Morgan fingerprint density at radius 2 is 1.77 bits per heavy atom. The zero-order valence-electron chi connectivity index (χ0n) is 15.8. The van der Waals surface area contributed by atoms with Crippen molar-refractivity contribution >= 4 is 33.2 Å². The van der Waals surface area contributed by atoms with Crippen molar-refractivity contribution in [2.45, 2.75) is 70.9 Å². The van der Waals surface area contributed by atoms with Crippen molar-refractivity contribution in [2.24, 2.45) is 0 Å². The number of carbonyl (C=O) groups excluding carboxylic acids is 1. The van der Waals surface area contributed by atoms with Gasteiger partial charge in [0.25, 0.3) is 0 Å². The van der Waals surface area contributed by atoms with E-state index in [-0.39, 0.29) is 11.9 Å². The van der Waals surface area contributed by atoms with Crippen LogP contribution in [0.25, 0.3) is 0 Å². The van der Waals surface area contributed by atoms with Crippen LogP contribution in [0.5, 0.6) is 0 Å². The van der Waals surface area contributed by atoms with Gasteiger partial charge in [0.05, 0.1) is 11.9 Å². The van der Waals surface area contributed by atoms with E-state index in [2.05, 4.69) is 5.32 Å². The van der Waals surface area contributed by atoms with Crippen LogP contribution in [-0.4, -0.2) is 32.7 Å². The predicted octanol–water partition coefficient (Wildman–Crippen LogP) is 4.03. The minimum absolute atomic E-state index is 0.119. The average Bonchev–Trinajstić information content (AvgIpc) is 2.52. The molecular formula is C19H29ClN2O3S. The summed E-state index contributed by atoms with van der Waals surface area (Å²) in [6, 6.07) is 4.32. The number of benzene rings is 1. The molecule has 146 valence electrons. The number of anilines is 1. The molecule has 0 aliphatic heterocycles. The van der Waals surface area contributed by atoms with Crippen LogP contribution < -0.4 is 9.62 Å². The molecule has 0 saturated heterocycles. The highest BCUT2D eigenvalue weighted by Gasteiger charge is 2.30. The zero-order valence-corrected chi connectivity index (χ0v) is 17.4. The molecule has 1 unspecified atom stereocenters. The van der Waals surface area contributed by atoms with Crippen LogP contribution in [0.3, 0.4) is 0 Å². The number of nitrogens with one attached hydrogen (secondary N) is 1. The topological polar surface area (TPSA) is 66.5 Å². The lowest BCUT2D eigenvalue weighted by Crippen LogP contribution is -2.50. The molecule has 1 amide bonds. The summed E-state index contributed by atoms with van der Waals surface area (Å²) >= 11 is 6.16. The molecule has 0 aromatic heterocycles. The third kappa shape index (κ3) is 5.61. The summed E-state index contributed by atoms with van der Waals surface area (Å²) in [6.07, 6.45) is 8.86. The van der Waals surface area contributed by atoms with Crippen LogP contribution in [0.4, 0.5) is 5.69 Å². The second kappa shape index (κ2) is 9.09. The number of aryl methyl sites for hydroxylation is 1. The van der Waals surface area contributed by atoms with Gasteiger partial charge in [-0.3, -0.25) is 9.10 Å². The molecule has 26 heavy (non-hydrogen) atoms. The Morgan fingerprint density at radius 3 is 2.31 bits per heavy atom. The van der Waals surface area contributed by atoms with E-state index in [1.165, 1.54) is 19.3 Å². The van der Waals surface area contributed by atoms with Gasteiger partial charge in [0.15, 0.2) is 0 Å². The maximum atomic E-state index is 12.8. The van der Waals surface area contributed by atoms with Gasteiger partial charge >= 0.3 is 0 Å². The molecule has 5 nitrogen and oxygen atoms in total. The first kappa shape index (κ1) is 21.0. The highest BCUT2D eigenvalue weighted by Crippen LogP contribution is 2.27. The van der Waals surface area contributed by atoms with Crippen LogP contribution >= 0.6 is 11.6 Å². The van der Waals surface area contributed by atoms with E-state index >= 15 is 0 Å². The Balaban J connectivity index is 2.18. The van der Waals surface area contributed by atoms with E-state index in [1.807, 2.05) is 6.92 Å². The lowest BCUT2D eigenvalue weighted by molar-refractivity contribution is -0.122. The minimum Gasteiger partial charge on any atom is -0.352 e. The van der Waals surface area contributed by atoms with Gasteiger partial charge in [0, 0.05) is 11.1 Å². The minimum atomic E-state index is -3.63. The molecule has 2 rings (SSSR count). The second-order valence-electron chi connectivity index (χ2n) is 7.22. The number of sulfonamides is 1. The van der Waals surface area contributed by atoms with Crippen molar-refractivity contribution in [1.82, 2.24) is 5.32 Å². The summed E-state index contributed by atoms with van der Waals surface area (Å²) in [5, 5.41) is 3.53. The Labute approximate surface area is 162 Å². The molecule has 7 heteroatoms. The molecule has 1 aromatic rings. The highest BCUT2D eigenvalue weighted by molar-refractivity contribution is 7.92. The normalized spacial score (nSPS) is 17.8. The molecule has 0 bridgehead atoms. The lowest BCUT2D eigenvalue weighted by Gasteiger charge is -2.30. The summed E-state index contributed by atoms with van der Waals surface area (Å²) in [6.45, 7) is 3.47. The highest BCUT2D eigenvalue weighted by atomic mass is 35.5. The van der Waals surface area contributed by atoms with Crippen LogP contribution in [0.2, 0.25) is 5.02 Å². The van der Waals surface area contributed by atoms with Crippen molar-refractivity contribution in [2.75, 3.05) is 10.6 Å². The van der Waals surface area contributed by atoms with E-state index < -0.39 is 16.1 Å². The van der Waals surface area contributed by atoms with Crippen molar-refractivity contribution < 1.29 is 13.2 Å².